The number of hydrogen-bond acceptors (Lipinski definition) is 6. The largest absolute Gasteiger partial charge is 0.314 e. The van der Waals surface area contributed by atoms with Gasteiger partial charge in [-0.15, -0.1) is 11.3 Å². The fraction of sp³-hybridized carbons (Fsp3) is 0.250. The number of carbonyl (C=O) groups is 2. The molecule has 0 saturated carbocycles. The SMILES string of the molecule is CC(C(=O)NS(=O)(=O)C(C)N)c1ccc(C(=O)c2ccccc2)s1. The van der Waals surface area contributed by atoms with E-state index in [1.54, 1.807) is 43.3 Å². The van der Waals surface area contributed by atoms with Gasteiger partial charge in [0, 0.05) is 10.4 Å². The molecule has 0 spiro atoms. The zero-order valence-corrected chi connectivity index (χ0v) is 14.9. The number of carbonyl (C=O) groups excluding carboxylic acids is 2. The molecule has 2 unspecified atom stereocenters. The third-order valence-corrected chi connectivity index (χ3v) is 6.17. The Balaban J connectivity index is 2.15. The van der Waals surface area contributed by atoms with E-state index in [1.165, 1.54) is 18.3 Å². The molecule has 24 heavy (non-hydrogen) atoms. The zero-order valence-electron chi connectivity index (χ0n) is 13.2. The normalized spacial score (nSPS) is 14.0. The highest BCUT2D eigenvalue weighted by Crippen LogP contribution is 2.27. The lowest BCUT2D eigenvalue weighted by molar-refractivity contribution is -0.120. The van der Waals surface area contributed by atoms with Crippen LogP contribution in [0.15, 0.2) is 42.5 Å². The van der Waals surface area contributed by atoms with Gasteiger partial charge in [0.25, 0.3) is 0 Å². The van der Waals surface area contributed by atoms with Crippen LogP contribution in [0.4, 0.5) is 0 Å². The van der Waals surface area contributed by atoms with E-state index in [1.807, 2.05) is 10.8 Å². The van der Waals surface area contributed by atoms with E-state index in [4.69, 9.17) is 5.73 Å². The first-order valence-electron chi connectivity index (χ1n) is 7.23. The third-order valence-electron chi connectivity index (χ3n) is 3.44. The van der Waals surface area contributed by atoms with Crippen LogP contribution in [0, 0.1) is 0 Å². The Kier molecular flexibility index (Phi) is 5.53. The highest BCUT2D eigenvalue weighted by atomic mass is 32.2. The molecular formula is C16H18N2O4S2. The second-order valence-electron chi connectivity index (χ2n) is 5.34. The number of benzene rings is 1. The van der Waals surface area contributed by atoms with Crippen LogP contribution < -0.4 is 10.5 Å². The minimum absolute atomic E-state index is 0.136. The van der Waals surface area contributed by atoms with Crippen molar-refractivity contribution in [3.63, 3.8) is 0 Å². The van der Waals surface area contributed by atoms with Gasteiger partial charge in [0.05, 0.1) is 10.8 Å². The molecule has 0 aliphatic rings. The number of ketones is 1. The highest BCUT2D eigenvalue weighted by Gasteiger charge is 2.25. The number of hydrogen-bond donors (Lipinski definition) is 2. The molecule has 1 amide bonds. The maximum atomic E-state index is 12.4. The molecule has 2 atom stereocenters. The summed E-state index contributed by atoms with van der Waals surface area (Å²) in [6.45, 7) is 2.86. The Morgan fingerprint density at radius 2 is 1.71 bits per heavy atom. The number of thiophene rings is 1. The monoisotopic (exact) mass is 366 g/mol. The molecule has 0 fully saturated rings. The number of amides is 1. The van der Waals surface area contributed by atoms with E-state index in [2.05, 4.69) is 0 Å². The maximum absolute atomic E-state index is 12.4. The van der Waals surface area contributed by atoms with Crippen LogP contribution in [0.5, 0.6) is 0 Å². The lowest BCUT2D eigenvalue weighted by Gasteiger charge is -2.13. The Labute approximate surface area is 144 Å². The van der Waals surface area contributed by atoms with E-state index < -0.39 is 27.2 Å². The molecular weight excluding hydrogens is 348 g/mol. The van der Waals surface area contributed by atoms with Crippen molar-refractivity contribution in [1.82, 2.24) is 4.72 Å². The fourth-order valence-corrected chi connectivity index (χ4v) is 3.55. The van der Waals surface area contributed by atoms with Crippen molar-refractivity contribution in [3.8, 4) is 0 Å². The zero-order chi connectivity index (χ0) is 17.9. The van der Waals surface area contributed by atoms with Crippen LogP contribution in [0.25, 0.3) is 0 Å². The fourth-order valence-electron chi connectivity index (χ4n) is 1.89. The van der Waals surface area contributed by atoms with E-state index in [9.17, 15) is 18.0 Å². The minimum Gasteiger partial charge on any atom is -0.314 e. The summed E-state index contributed by atoms with van der Waals surface area (Å²) in [5, 5.41) is -1.19. The molecule has 2 rings (SSSR count). The molecule has 2 aromatic rings. The van der Waals surface area contributed by atoms with Gasteiger partial charge in [-0.2, -0.15) is 0 Å². The first-order valence-corrected chi connectivity index (χ1v) is 9.59. The van der Waals surface area contributed by atoms with Crippen molar-refractivity contribution in [3.05, 3.63) is 57.8 Å². The third kappa shape index (κ3) is 4.08. The standard InChI is InChI=1S/C16H18N2O4S2/c1-10(16(20)18-24(21,22)11(2)17)13-8-9-14(23-13)15(19)12-6-4-3-5-7-12/h3-11H,17H2,1-2H3,(H,18,20). The van der Waals surface area contributed by atoms with Crippen molar-refractivity contribution >= 4 is 33.1 Å². The molecule has 1 aromatic carbocycles. The summed E-state index contributed by atoms with van der Waals surface area (Å²) in [6.07, 6.45) is 0. The molecule has 0 saturated heterocycles. The number of nitrogens with two attached hydrogens (primary N) is 1. The van der Waals surface area contributed by atoms with Gasteiger partial charge in [-0.1, -0.05) is 30.3 Å². The summed E-state index contributed by atoms with van der Waals surface area (Å²) in [5.74, 6) is -1.52. The Morgan fingerprint density at radius 3 is 2.29 bits per heavy atom. The van der Waals surface area contributed by atoms with Crippen molar-refractivity contribution in [2.75, 3.05) is 0 Å². The first-order chi connectivity index (χ1) is 11.2. The van der Waals surface area contributed by atoms with Crippen LogP contribution in [-0.2, 0) is 14.8 Å². The van der Waals surface area contributed by atoms with Gasteiger partial charge in [0.15, 0.2) is 0 Å². The topological polar surface area (TPSA) is 106 Å². The maximum Gasteiger partial charge on any atom is 0.250 e. The van der Waals surface area contributed by atoms with E-state index in [0.29, 0.717) is 15.3 Å². The second kappa shape index (κ2) is 7.25. The lowest BCUT2D eigenvalue weighted by atomic mass is 10.1. The predicted molar refractivity (Wildman–Crippen MR) is 93.3 cm³/mol. The highest BCUT2D eigenvalue weighted by molar-refractivity contribution is 7.90. The van der Waals surface area contributed by atoms with Gasteiger partial charge >= 0.3 is 0 Å². The Hall–Kier alpha value is -2.03. The van der Waals surface area contributed by atoms with Gasteiger partial charge in [0.2, 0.25) is 21.7 Å². The molecule has 6 nitrogen and oxygen atoms in total. The molecule has 1 aromatic heterocycles. The van der Waals surface area contributed by atoms with Crippen LogP contribution in [0.3, 0.4) is 0 Å². The first kappa shape index (κ1) is 18.3. The number of sulfonamides is 1. The Morgan fingerprint density at radius 1 is 1.08 bits per heavy atom. The predicted octanol–water partition coefficient (Wildman–Crippen LogP) is 1.83. The summed E-state index contributed by atoms with van der Waals surface area (Å²) in [7, 11) is -3.89. The smallest absolute Gasteiger partial charge is 0.250 e. The lowest BCUT2D eigenvalue weighted by Crippen LogP contribution is -2.42. The van der Waals surface area contributed by atoms with Gasteiger partial charge in [0.1, 0.15) is 5.37 Å². The molecule has 128 valence electrons. The second-order valence-corrected chi connectivity index (χ2v) is 8.49. The number of nitrogens with one attached hydrogen (secondary N) is 1. The van der Waals surface area contributed by atoms with Gasteiger partial charge < -0.3 is 5.73 Å². The van der Waals surface area contributed by atoms with Crippen molar-refractivity contribution in [2.45, 2.75) is 25.1 Å². The average Bonchev–Trinajstić information content (AvgIpc) is 3.03. The van der Waals surface area contributed by atoms with Crippen molar-refractivity contribution in [1.29, 1.82) is 0 Å². The summed E-state index contributed by atoms with van der Waals surface area (Å²) in [6, 6.07) is 12.1. The summed E-state index contributed by atoms with van der Waals surface area (Å²) >= 11 is 1.17. The van der Waals surface area contributed by atoms with Crippen molar-refractivity contribution in [2.24, 2.45) is 5.73 Å². The van der Waals surface area contributed by atoms with E-state index in [-0.39, 0.29) is 5.78 Å². The van der Waals surface area contributed by atoms with E-state index in [0.717, 1.165) is 0 Å². The molecule has 1 heterocycles. The molecule has 3 N–H and O–H groups in total. The summed E-state index contributed by atoms with van der Waals surface area (Å²) in [5.41, 5.74) is 5.88. The van der Waals surface area contributed by atoms with Crippen LogP contribution in [0.2, 0.25) is 0 Å². The summed E-state index contributed by atoms with van der Waals surface area (Å²) < 4.78 is 25.3. The summed E-state index contributed by atoms with van der Waals surface area (Å²) in [4.78, 5) is 25.6. The molecule has 0 bridgehead atoms. The Bertz CT molecular complexity index is 842. The van der Waals surface area contributed by atoms with Crippen molar-refractivity contribution < 1.29 is 18.0 Å². The molecule has 0 radical (unpaired) electrons. The average molecular weight is 366 g/mol. The van der Waals surface area contributed by atoms with Gasteiger partial charge in [-0.05, 0) is 26.0 Å². The molecule has 0 aliphatic heterocycles. The van der Waals surface area contributed by atoms with Crippen LogP contribution in [-0.4, -0.2) is 25.5 Å². The minimum atomic E-state index is -3.89. The molecule has 8 heteroatoms. The van der Waals surface area contributed by atoms with Gasteiger partial charge in [-0.25, -0.2) is 8.42 Å². The van der Waals surface area contributed by atoms with Crippen LogP contribution in [0.1, 0.15) is 39.9 Å². The number of rotatable bonds is 6. The quantitative estimate of drug-likeness (QED) is 0.759. The van der Waals surface area contributed by atoms with E-state index >= 15 is 0 Å². The van der Waals surface area contributed by atoms with Gasteiger partial charge in [-0.3, -0.25) is 14.3 Å². The van der Waals surface area contributed by atoms with Crippen LogP contribution >= 0.6 is 11.3 Å². The molecule has 0 aliphatic carbocycles.